The zero-order chi connectivity index (χ0) is 20.3. The molecule has 0 radical (unpaired) electrons. The Morgan fingerprint density at radius 2 is 1.82 bits per heavy atom. The molecule has 2 heterocycles. The Labute approximate surface area is 179 Å². The van der Waals surface area contributed by atoms with Gasteiger partial charge in [0.1, 0.15) is 0 Å². The van der Waals surface area contributed by atoms with Crippen molar-refractivity contribution in [3.8, 4) is 5.75 Å². The normalized spacial score (nSPS) is 14.9. The average molecular weight is 515 g/mol. The summed E-state index contributed by atoms with van der Waals surface area (Å²) in [5.74, 6) is -0.232. The van der Waals surface area contributed by atoms with Crippen molar-refractivity contribution in [3.63, 3.8) is 0 Å². The summed E-state index contributed by atoms with van der Waals surface area (Å²) < 4.78 is 8.04. The molecule has 1 aromatic heterocycles. The van der Waals surface area contributed by atoms with Gasteiger partial charge in [-0.25, -0.2) is 4.79 Å². The van der Waals surface area contributed by atoms with Gasteiger partial charge in [-0.3, -0.25) is 9.69 Å². The molecule has 0 bridgehead atoms. The summed E-state index contributed by atoms with van der Waals surface area (Å²) in [7, 11) is 1.37. The Bertz CT molecular complexity index is 924. The summed E-state index contributed by atoms with van der Waals surface area (Å²) in [4.78, 5) is 27.9. The van der Waals surface area contributed by atoms with E-state index in [1.54, 1.807) is 17.2 Å². The van der Waals surface area contributed by atoms with Crippen LogP contribution in [0.2, 0.25) is 0 Å². The summed E-state index contributed by atoms with van der Waals surface area (Å²) in [6, 6.07) is 7.53. The molecular weight excluding hydrogens is 494 g/mol. The van der Waals surface area contributed by atoms with Crippen LogP contribution < -0.4 is 5.56 Å². The molecule has 1 aromatic carbocycles. The fraction of sp³-hybridized carbons (Fsp3) is 0.368. The van der Waals surface area contributed by atoms with Crippen LogP contribution in [-0.4, -0.2) is 58.9 Å². The topological polar surface area (TPSA) is 75.0 Å². The van der Waals surface area contributed by atoms with Crippen LogP contribution in [0.5, 0.6) is 5.75 Å². The number of benzene rings is 1. The van der Waals surface area contributed by atoms with Gasteiger partial charge in [0, 0.05) is 53.4 Å². The predicted molar refractivity (Wildman–Crippen MR) is 113 cm³/mol. The highest BCUT2D eigenvalue weighted by Crippen LogP contribution is 2.23. The Hall–Kier alpha value is -1.84. The molecule has 1 aliphatic heterocycles. The van der Waals surface area contributed by atoms with Gasteiger partial charge in [0.05, 0.1) is 13.7 Å². The van der Waals surface area contributed by atoms with E-state index in [1.165, 1.54) is 11.7 Å². The Morgan fingerprint density at radius 3 is 2.50 bits per heavy atom. The van der Waals surface area contributed by atoms with Crippen molar-refractivity contribution in [2.45, 2.75) is 13.1 Å². The van der Waals surface area contributed by atoms with E-state index in [0.717, 1.165) is 14.5 Å². The van der Waals surface area contributed by atoms with Crippen LogP contribution in [0, 0.1) is 0 Å². The first-order valence-corrected chi connectivity index (χ1v) is 10.4. The van der Waals surface area contributed by atoms with Crippen molar-refractivity contribution in [3.05, 3.63) is 60.9 Å². The van der Waals surface area contributed by atoms with Crippen LogP contribution in [0.15, 0.2) is 44.2 Å². The maximum Gasteiger partial charge on any atom is 0.409 e. The molecule has 9 heteroatoms. The number of hydrogen-bond donors (Lipinski definition) is 1. The first-order chi connectivity index (χ1) is 13.4. The molecule has 0 aliphatic carbocycles. The minimum atomic E-state index is -0.419. The lowest BCUT2D eigenvalue weighted by atomic mass is 10.2. The molecular formula is C19H21Br2N3O4. The number of carbonyl (C=O) groups is 1. The number of nitrogens with zero attached hydrogens (tertiary/aromatic N) is 3. The van der Waals surface area contributed by atoms with Crippen molar-refractivity contribution in [1.29, 1.82) is 0 Å². The minimum Gasteiger partial charge on any atom is -0.503 e. The smallest absolute Gasteiger partial charge is 0.409 e. The van der Waals surface area contributed by atoms with Crippen molar-refractivity contribution in [2.75, 3.05) is 33.3 Å². The highest BCUT2D eigenvalue weighted by molar-refractivity contribution is 9.11. The number of hydrogen-bond acceptors (Lipinski definition) is 5. The third kappa shape index (κ3) is 4.76. The highest BCUT2D eigenvalue weighted by Gasteiger charge is 2.22. The number of carbonyl (C=O) groups excluding carboxylic acids is 1. The van der Waals surface area contributed by atoms with Gasteiger partial charge in [-0.2, -0.15) is 0 Å². The van der Waals surface area contributed by atoms with Crippen molar-refractivity contribution in [1.82, 2.24) is 14.4 Å². The number of piperazine rings is 1. The number of halogens is 2. The lowest BCUT2D eigenvalue weighted by Gasteiger charge is -2.33. The number of rotatable bonds is 4. The van der Waals surface area contributed by atoms with Crippen LogP contribution >= 0.6 is 31.9 Å². The van der Waals surface area contributed by atoms with Crippen molar-refractivity contribution in [2.24, 2.45) is 0 Å². The van der Waals surface area contributed by atoms with Gasteiger partial charge >= 0.3 is 6.09 Å². The summed E-state index contributed by atoms with van der Waals surface area (Å²) in [5, 5.41) is 10.4. The summed E-state index contributed by atoms with van der Waals surface area (Å²) in [6.45, 7) is 3.23. The molecule has 0 spiro atoms. The zero-order valence-corrected chi connectivity index (χ0v) is 18.6. The number of aromatic hydroxyl groups is 1. The maximum absolute atomic E-state index is 12.6. The van der Waals surface area contributed by atoms with Gasteiger partial charge in [0.25, 0.3) is 5.56 Å². The third-order valence-electron chi connectivity index (χ3n) is 4.77. The van der Waals surface area contributed by atoms with Gasteiger partial charge in [-0.05, 0) is 29.8 Å². The van der Waals surface area contributed by atoms with Gasteiger partial charge in [0.2, 0.25) is 0 Å². The number of methoxy groups -OCH3 is 1. The third-order valence-corrected chi connectivity index (χ3v) is 6.04. The lowest BCUT2D eigenvalue weighted by molar-refractivity contribution is 0.0885. The Balaban J connectivity index is 1.70. The standard InChI is InChI=1S/C19H21Br2N3O4/c1-28-19(27)23-8-6-22(7-9-23)11-13-4-5-24(18(26)17(13)25)12-14-10-15(20)2-3-16(14)21/h2-5,10,25H,6-9,11-12H2,1H3. The van der Waals surface area contributed by atoms with Crippen molar-refractivity contribution >= 4 is 38.0 Å². The number of pyridine rings is 1. The quantitative estimate of drug-likeness (QED) is 0.678. The van der Waals surface area contributed by atoms with Crippen LogP contribution in [-0.2, 0) is 17.8 Å². The highest BCUT2D eigenvalue weighted by atomic mass is 79.9. The fourth-order valence-corrected chi connectivity index (χ4v) is 3.94. The van der Waals surface area contributed by atoms with E-state index in [-0.39, 0.29) is 11.8 Å². The molecule has 3 rings (SSSR count). The molecule has 1 amide bonds. The molecule has 1 saturated heterocycles. The van der Waals surface area contributed by atoms with Gasteiger partial charge in [-0.1, -0.05) is 31.9 Å². The molecule has 1 N–H and O–H groups in total. The molecule has 0 saturated carbocycles. The van der Waals surface area contributed by atoms with Crippen LogP contribution in [0.1, 0.15) is 11.1 Å². The largest absolute Gasteiger partial charge is 0.503 e. The number of aromatic nitrogens is 1. The van der Waals surface area contributed by atoms with Crippen molar-refractivity contribution < 1.29 is 14.6 Å². The second kappa shape index (κ2) is 9.11. The second-order valence-electron chi connectivity index (χ2n) is 6.59. The molecule has 1 aliphatic rings. The van der Waals surface area contributed by atoms with Crippen LogP contribution in [0.3, 0.4) is 0 Å². The van der Waals surface area contributed by atoms with Gasteiger partial charge in [-0.15, -0.1) is 0 Å². The van der Waals surface area contributed by atoms with Gasteiger partial charge in [0.15, 0.2) is 5.75 Å². The molecule has 150 valence electrons. The van der Waals surface area contributed by atoms with Crippen LogP contribution in [0.4, 0.5) is 4.79 Å². The Kier molecular flexibility index (Phi) is 6.79. The summed E-state index contributed by atoms with van der Waals surface area (Å²) >= 11 is 6.92. The number of amides is 1. The molecule has 0 atom stereocenters. The summed E-state index contributed by atoms with van der Waals surface area (Å²) in [5.41, 5.74) is 1.10. The molecule has 7 nitrogen and oxygen atoms in total. The molecule has 0 unspecified atom stereocenters. The van der Waals surface area contributed by atoms with E-state index in [1.807, 2.05) is 18.2 Å². The molecule has 2 aromatic rings. The van der Waals surface area contributed by atoms with E-state index < -0.39 is 5.56 Å². The SMILES string of the molecule is COC(=O)N1CCN(Cc2ccn(Cc3cc(Br)ccc3Br)c(=O)c2O)CC1. The Morgan fingerprint density at radius 1 is 1.11 bits per heavy atom. The first kappa shape index (κ1) is 20.9. The lowest BCUT2D eigenvalue weighted by Crippen LogP contribution is -2.48. The second-order valence-corrected chi connectivity index (χ2v) is 8.36. The minimum absolute atomic E-state index is 0.232. The number of ether oxygens (including phenoxy) is 1. The maximum atomic E-state index is 12.6. The molecule has 1 fully saturated rings. The van der Waals surface area contributed by atoms with E-state index >= 15 is 0 Å². The average Bonchev–Trinajstić information content (AvgIpc) is 2.70. The van der Waals surface area contributed by atoms with E-state index in [2.05, 4.69) is 36.8 Å². The van der Waals surface area contributed by atoms with Crippen LogP contribution in [0.25, 0.3) is 0 Å². The van der Waals surface area contributed by atoms with E-state index in [4.69, 9.17) is 4.74 Å². The van der Waals surface area contributed by atoms with E-state index in [0.29, 0.717) is 44.8 Å². The van der Waals surface area contributed by atoms with Gasteiger partial charge < -0.3 is 19.3 Å². The van der Waals surface area contributed by atoms with E-state index in [9.17, 15) is 14.7 Å². The monoisotopic (exact) mass is 513 g/mol. The summed E-state index contributed by atoms with van der Waals surface area (Å²) in [6.07, 6.45) is 1.37. The zero-order valence-electron chi connectivity index (χ0n) is 15.4. The predicted octanol–water partition coefficient (Wildman–Crippen LogP) is 3.01. The molecule has 28 heavy (non-hydrogen) atoms. The fourth-order valence-electron chi connectivity index (χ4n) is 3.16. The first-order valence-electron chi connectivity index (χ1n) is 8.79.